The first kappa shape index (κ1) is 37.4. The molecule has 8 unspecified atom stereocenters. The van der Waals surface area contributed by atoms with Gasteiger partial charge in [-0.3, -0.25) is 4.79 Å². The highest BCUT2D eigenvalue weighted by Gasteiger charge is 2.74. The second kappa shape index (κ2) is 13.6. The fraction of sp³-hybridized carbons (Fsp3) is 0.500. The molecule has 0 radical (unpaired) electrons. The maximum atomic E-state index is 15.2. The average Bonchev–Trinajstić information content (AvgIpc) is 3.77. The molecular formula is C44H50ClFN2O5S. The Morgan fingerprint density at radius 1 is 1.00 bits per heavy atom. The Balaban J connectivity index is 1.16. The molecule has 54 heavy (non-hydrogen) atoms. The number of benzene rings is 2. The van der Waals surface area contributed by atoms with E-state index >= 15 is 4.39 Å². The lowest BCUT2D eigenvalue weighted by atomic mass is 9.32. The summed E-state index contributed by atoms with van der Waals surface area (Å²) >= 11 is 8.14. The van der Waals surface area contributed by atoms with Gasteiger partial charge in [0.05, 0.1) is 25.4 Å². The second-order valence-electron chi connectivity index (χ2n) is 17.0. The van der Waals surface area contributed by atoms with Gasteiger partial charge in [-0.2, -0.15) is 0 Å². The van der Waals surface area contributed by atoms with Crippen LogP contribution in [0.1, 0.15) is 69.2 Å². The van der Waals surface area contributed by atoms with Crippen molar-refractivity contribution in [2.45, 2.75) is 83.3 Å². The number of methoxy groups -OCH3 is 1. The number of anilines is 1. The first-order valence-electron chi connectivity index (χ1n) is 19.3. The number of ketones is 1. The molecule has 6 aliphatic carbocycles. The third-order valence-corrected chi connectivity index (χ3v) is 16.0. The Morgan fingerprint density at radius 2 is 1.74 bits per heavy atom. The Bertz CT molecular complexity index is 1980. The van der Waals surface area contributed by atoms with Crippen LogP contribution in [0.2, 0.25) is 5.02 Å². The summed E-state index contributed by atoms with van der Waals surface area (Å²) < 4.78 is 20.5. The molecule has 3 fully saturated rings. The number of aliphatic hydroxyl groups excluding tert-OH is 1. The third-order valence-electron chi connectivity index (χ3n) is 14.7. The normalized spacial score (nSPS) is 34.7. The summed E-state index contributed by atoms with van der Waals surface area (Å²) in [7, 11) is 1.60. The van der Waals surface area contributed by atoms with Crippen molar-refractivity contribution in [3.8, 4) is 5.75 Å². The number of amides is 2. The Morgan fingerprint density at radius 3 is 2.46 bits per heavy atom. The molecule has 0 saturated heterocycles. The molecule has 286 valence electrons. The summed E-state index contributed by atoms with van der Waals surface area (Å²) in [6.07, 6.45) is 11.4. The number of nitrogens with one attached hydrogen (secondary N) is 1. The Labute approximate surface area is 326 Å². The van der Waals surface area contributed by atoms with Crippen molar-refractivity contribution in [1.82, 2.24) is 4.90 Å². The van der Waals surface area contributed by atoms with Crippen molar-refractivity contribution in [2.24, 2.45) is 33.5 Å². The largest absolute Gasteiger partial charge is 0.497 e. The van der Waals surface area contributed by atoms with Crippen molar-refractivity contribution in [3.05, 3.63) is 105 Å². The predicted molar refractivity (Wildman–Crippen MR) is 210 cm³/mol. The van der Waals surface area contributed by atoms with Crippen LogP contribution < -0.4 is 10.1 Å². The fourth-order valence-electron chi connectivity index (χ4n) is 11.8. The topological polar surface area (TPSA) is 99.1 Å². The van der Waals surface area contributed by atoms with Crippen LogP contribution in [-0.2, 0) is 17.6 Å². The summed E-state index contributed by atoms with van der Waals surface area (Å²) in [5.74, 6) is 0.0142. The standard InChI is InChI=1S/C44H50ClFN2O5S/c1-40-17-13-29(49)25-42(40)20-21-44(33(26-42)36(50)24-32-34(45)7-4-8-35(32)46)37(40)14-18-41(2)38(44)15-19-43(41,52)27-48(22-16-31-6-5-23-54-31)39(51)47-28-9-11-30(53-3)12-10-28/h4-12,20-21,23,26,29,37-38,49,52H,13-19,22,24-25,27H2,1-3H3,(H,47,51). The van der Waals surface area contributed by atoms with E-state index in [4.69, 9.17) is 16.3 Å². The van der Waals surface area contributed by atoms with Crippen LogP contribution in [0.15, 0.2) is 83.8 Å². The first-order chi connectivity index (χ1) is 25.8. The third kappa shape index (κ3) is 5.70. The van der Waals surface area contributed by atoms with Crippen LogP contribution in [0.25, 0.3) is 0 Å². The van der Waals surface area contributed by atoms with E-state index in [1.54, 1.807) is 59.7 Å². The molecule has 3 N–H and O–H groups in total. The quantitative estimate of drug-likeness (QED) is 0.179. The molecular weight excluding hydrogens is 723 g/mol. The summed E-state index contributed by atoms with van der Waals surface area (Å²) in [5, 5.41) is 29.4. The number of hydrogen-bond donors (Lipinski definition) is 3. The number of carbonyl (C=O) groups excluding carboxylic acids is 2. The number of ether oxygens (including phenoxy) is 1. The van der Waals surface area contributed by atoms with Gasteiger partial charge in [-0.1, -0.05) is 55.8 Å². The lowest BCUT2D eigenvalue weighted by Gasteiger charge is -2.71. The van der Waals surface area contributed by atoms with Crippen LogP contribution in [0.5, 0.6) is 5.75 Å². The van der Waals surface area contributed by atoms with Gasteiger partial charge in [0.15, 0.2) is 5.78 Å². The predicted octanol–water partition coefficient (Wildman–Crippen LogP) is 9.03. The summed E-state index contributed by atoms with van der Waals surface area (Å²) in [5.41, 5.74) is -1.78. The van der Waals surface area contributed by atoms with Crippen molar-refractivity contribution in [2.75, 3.05) is 25.5 Å². The van der Waals surface area contributed by atoms with Crippen molar-refractivity contribution < 1.29 is 28.9 Å². The molecule has 1 heterocycles. The van der Waals surface area contributed by atoms with E-state index in [1.165, 1.54) is 6.07 Å². The lowest BCUT2D eigenvalue weighted by molar-refractivity contribution is -0.177. The van der Waals surface area contributed by atoms with E-state index in [0.29, 0.717) is 55.7 Å². The molecule has 2 aromatic carbocycles. The first-order valence-corrected chi connectivity index (χ1v) is 20.6. The van der Waals surface area contributed by atoms with Gasteiger partial charge in [0.25, 0.3) is 0 Å². The molecule has 7 nitrogen and oxygen atoms in total. The van der Waals surface area contributed by atoms with Gasteiger partial charge in [0.2, 0.25) is 0 Å². The molecule has 2 spiro atoms. The van der Waals surface area contributed by atoms with E-state index in [9.17, 15) is 19.8 Å². The van der Waals surface area contributed by atoms with E-state index in [2.05, 4.69) is 43.5 Å². The SMILES string of the molecule is COc1ccc(NC(=O)N(CCc2cccs2)CC2(O)CCC3C45C=CC6(C=C4C(=O)Cc4c(F)cccc4Cl)CC(O)CCC6(C)C5CCC32C)cc1. The summed E-state index contributed by atoms with van der Waals surface area (Å²) in [6.45, 7) is 5.08. The fourth-order valence-corrected chi connectivity index (χ4v) is 12.7. The minimum Gasteiger partial charge on any atom is -0.497 e. The number of halogens is 2. The molecule has 8 atom stereocenters. The minimum absolute atomic E-state index is 0.0938. The number of thiophene rings is 1. The van der Waals surface area contributed by atoms with E-state index in [0.717, 1.165) is 24.1 Å². The smallest absolute Gasteiger partial charge is 0.321 e. The number of carbonyl (C=O) groups is 2. The number of rotatable bonds is 10. The zero-order valence-electron chi connectivity index (χ0n) is 31.2. The molecule has 3 aromatic rings. The molecule has 1 aromatic heterocycles. The maximum Gasteiger partial charge on any atom is 0.321 e. The number of fused-ring (bicyclic) bond motifs is 1. The molecule has 10 heteroatoms. The van der Waals surface area contributed by atoms with Gasteiger partial charge in [-0.05, 0) is 116 Å². The molecule has 2 bridgehead atoms. The Kier molecular flexibility index (Phi) is 9.43. The van der Waals surface area contributed by atoms with Crippen LogP contribution in [0.3, 0.4) is 0 Å². The number of Topliss-reactive ketones (excluding diaryl/α,β-unsaturated/α-hetero) is 1. The molecule has 3 saturated carbocycles. The van der Waals surface area contributed by atoms with Crippen molar-refractivity contribution in [3.63, 3.8) is 0 Å². The maximum absolute atomic E-state index is 15.2. The molecule has 6 aliphatic rings. The van der Waals surface area contributed by atoms with Crippen molar-refractivity contribution in [1.29, 1.82) is 0 Å². The van der Waals surface area contributed by atoms with Crippen LogP contribution in [-0.4, -0.2) is 58.8 Å². The molecule has 9 rings (SSSR count). The van der Waals surface area contributed by atoms with Gasteiger partial charge in [-0.15, -0.1) is 11.3 Å². The monoisotopic (exact) mass is 772 g/mol. The molecule has 0 aliphatic heterocycles. The highest BCUT2D eigenvalue weighted by atomic mass is 35.5. The van der Waals surface area contributed by atoms with Gasteiger partial charge in [-0.25, -0.2) is 9.18 Å². The molecule has 2 amide bonds. The van der Waals surface area contributed by atoms with Gasteiger partial charge >= 0.3 is 6.03 Å². The average molecular weight is 773 g/mol. The Hall–Kier alpha value is -3.50. The number of aliphatic hydroxyl groups is 2. The van der Waals surface area contributed by atoms with E-state index in [1.807, 2.05) is 11.4 Å². The highest BCUT2D eigenvalue weighted by molar-refractivity contribution is 7.09. The van der Waals surface area contributed by atoms with Gasteiger partial charge in [0, 0.05) is 55.9 Å². The second-order valence-corrected chi connectivity index (χ2v) is 18.5. The summed E-state index contributed by atoms with van der Waals surface area (Å²) in [6, 6.07) is 15.5. The van der Waals surface area contributed by atoms with E-state index in [-0.39, 0.29) is 52.6 Å². The zero-order valence-corrected chi connectivity index (χ0v) is 32.8. The van der Waals surface area contributed by atoms with Gasteiger partial charge < -0.3 is 25.2 Å². The number of allylic oxidation sites excluding steroid dienone is 4. The minimum atomic E-state index is -1.24. The van der Waals surface area contributed by atoms with Gasteiger partial charge in [0.1, 0.15) is 11.6 Å². The van der Waals surface area contributed by atoms with Crippen LogP contribution in [0.4, 0.5) is 14.9 Å². The highest BCUT2D eigenvalue weighted by Crippen LogP contribution is 2.78. The number of hydrogen-bond acceptors (Lipinski definition) is 6. The number of urea groups is 1. The van der Waals surface area contributed by atoms with Crippen LogP contribution >= 0.6 is 22.9 Å². The summed E-state index contributed by atoms with van der Waals surface area (Å²) in [4.78, 5) is 31.8. The lowest BCUT2D eigenvalue weighted by Crippen LogP contribution is -2.67. The van der Waals surface area contributed by atoms with Crippen molar-refractivity contribution >= 4 is 40.4 Å². The van der Waals surface area contributed by atoms with Crippen LogP contribution in [0, 0.1) is 39.3 Å². The zero-order chi connectivity index (χ0) is 38.1. The van der Waals surface area contributed by atoms with E-state index < -0.39 is 33.8 Å². The number of nitrogens with zero attached hydrogens (tertiary/aromatic N) is 1.